The number of anilines is 1. The largest absolute Gasteiger partial charge is 0.306 e. The Labute approximate surface area is 198 Å². The first-order valence-corrected chi connectivity index (χ1v) is 13.1. The number of aromatic nitrogens is 2. The van der Waals surface area contributed by atoms with E-state index in [1.165, 1.54) is 10.4 Å². The fourth-order valence-corrected chi connectivity index (χ4v) is 6.53. The molecule has 0 fully saturated rings. The Bertz CT molecular complexity index is 1380. The number of carbonyl (C=O) groups is 1. The van der Waals surface area contributed by atoms with Gasteiger partial charge in [-0.05, 0) is 61.6 Å². The molecule has 1 aliphatic heterocycles. The Balaban J connectivity index is 1.50. The van der Waals surface area contributed by atoms with Crippen molar-refractivity contribution in [1.82, 2.24) is 14.1 Å². The second-order valence-corrected chi connectivity index (χ2v) is 10.5. The topological polar surface area (TPSA) is 75.5 Å². The molecule has 2 aliphatic rings. The molecule has 2 heterocycles. The summed E-state index contributed by atoms with van der Waals surface area (Å²) in [5.41, 5.74) is 3.98. The second-order valence-electron chi connectivity index (χ2n) is 8.58. The highest BCUT2D eigenvalue weighted by atomic mass is 32.2. The number of hydrogen-bond donors (Lipinski definition) is 0. The van der Waals surface area contributed by atoms with E-state index in [2.05, 4.69) is 5.10 Å². The van der Waals surface area contributed by atoms with Crippen molar-refractivity contribution in [3.8, 4) is 5.69 Å². The molecule has 0 bridgehead atoms. The van der Waals surface area contributed by atoms with Gasteiger partial charge < -0.3 is 4.90 Å². The van der Waals surface area contributed by atoms with Gasteiger partial charge in [0.1, 0.15) is 11.5 Å². The lowest BCUT2D eigenvalue weighted by Gasteiger charge is -2.20. The Morgan fingerprint density at radius 2 is 1.82 bits per heavy atom. The summed E-state index contributed by atoms with van der Waals surface area (Å²) in [4.78, 5) is 15.5. The van der Waals surface area contributed by atoms with Gasteiger partial charge in [0.2, 0.25) is 10.0 Å². The highest BCUT2D eigenvalue weighted by Gasteiger charge is 2.34. The van der Waals surface area contributed by atoms with Crippen molar-refractivity contribution in [2.75, 3.05) is 24.5 Å². The van der Waals surface area contributed by atoms with Crippen LogP contribution in [0.2, 0.25) is 0 Å². The monoisotopic (exact) mass is 482 g/mol. The smallest absolute Gasteiger partial charge is 0.279 e. The average Bonchev–Trinajstić information content (AvgIpc) is 3.54. The van der Waals surface area contributed by atoms with Crippen LogP contribution in [0.4, 0.5) is 10.1 Å². The molecule has 178 valence electrons. The number of carbonyl (C=O) groups excluding carboxylic acids is 1. The van der Waals surface area contributed by atoms with Gasteiger partial charge in [0.05, 0.1) is 4.90 Å². The van der Waals surface area contributed by atoms with Gasteiger partial charge >= 0.3 is 0 Å². The van der Waals surface area contributed by atoms with Crippen LogP contribution in [0.5, 0.6) is 0 Å². The number of amides is 1. The SMILES string of the molecule is CCN(CC)S(=O)(=O)c1ccc2c(c1)CCN2C(=O)c1nn(-c2ccccc2F)c2c1CCC2. The summed E-state index contributed by atoms with van der Waals surface area (Å²) in [5, 5.41) is 4.57. The second kappa shape index (κ2) is 8.63. The first-order chi connectivity index (χ1) is 16.4. The minimum atomic E-state index is -3.57. The van der Waals surface area contributed by atoms with Crippen LogP contribution in [-0.2, 0) is 29.3 Å². The van der Waals surface area contributed by atoms with Crippen LogP contribution >= 0.6 is 0 Å². The number of sulfonamides is 1. The van der Waals surface area contributed by atoms with Crippen LogP contribution in [0.25, 0.3) is 5.69 Å². The third-order valence-corrected chi connectivity index (χ3v) is 8.79. The average molecular weight is 483 g/mol. The van der Waals surface area contributed by atoms with Gasteiger partial charge in [0.15, 0.2) is 5.69 Å². The molecule has 0 unspecified atom stereocenters. The first-order valence-electron chi connectivity index (χ1n) is 11.7. The zero-order valence-electron chi connectivity index (χ0n) is 19.3. The first kappa shape index (κ1) is 22.7. The predicted octanol–water partition coefficient (Wildman–Crippen LogP) is 3.73. The van der Waals surface area contributed by atoms with Crippen molar-refractivity contribution in [2.24, 2.45) is 0 Å². The van der Waals surface area contributed by atoms with Crippen molar-refractivity contribution >= 4 is 21.6 Å². The maximum atomic E-state index is 14.5. The molecular weight excluding hydrogens is 455 g/mol. The summed E-state index contributed by atoms with van der Waals surface area (Å²) in [7, 11) is -3.57. The normalized spacial score (nSPS) is 15.1. The summed E-state index contributed by atoms with van der Waals surface area (Å²) in [5.74, 6) is -0.613. The summed E-state index contributed by atoms with van der Waals surface area (Å²) >= 11 is 0. The quantitative estimate of drug-likeness (QED) is 0.537. The van der Waals surface area contributed by atoms with Gasteiger partial charge in [0.25, 0.3) is 5.91 Å². The summed E-state index contributed by atoms with van der Waals surface area (Å²) < 4.78 is 43.3. The molecule has 0 saturated carbocycles. The van der Waals surface area contributed by atoms with Gasteiger partial charge in [-0.2, -0.15) is 9.40 Å². The van der Waals surface area contributed by atoms with Crippen molar-refractivity contribution in [2.45, 2.75) is 44.4 Å². The molecular formula is C25H27FN4O3S. The Morgan fingerprint density at radius 1 is 1.06 bits per heavy atom. The van der Waals surface area contributed by atoms with E-state index >= 15 is 0 Å². The fourth-order valence-electron chi connectivity index (χ4n) is 5.02. The molecule has 9 heteroatoms. The van der Waals surface area contributed by atoms with Gasteiger partial charge in [0, 0.05) is 36.6 Å². The summed E-state index contributed by atoms with van der Waals surface area (Å²) in [6.45, 7) is 4.87. The lowest BCUT2D eigenvalue weighted by atomic mass is 10.1. The molecule has 1 amide bonds. The molecule has 7 nitrogen and oxygen atoms in total. The molecule has 5 rings (SSSR count). The zero-order valence-corrected chi connectivity index (χ0v) is 20.1. The molecule has 1 aromatic heterocycles. The maximum Gasteiger partial charge on any atom is 0.279 e. The van der Waals surface area contributed by atoms with Crippen molar-refractivity contribution in [1.29, 1.82) is 0 Å². The number of rotatable bonds is 6. The van der Waals surface area contributed by atoms with E-state index in [1.54, 1.807) is 46.0 Å². The van der Waals surface area contributed by atoms with E-state index in [0.29, 0.717) is 43.1 Å². The third-order valence-electron chi connectivity index (χ3n) is 6.75. The van der Waals surface area contributed by atoms with E-state index in [4.69, 9.17) is 0 Å². The van der Waals surface area contributed by atoms with Crippen molar-refractivity contribution in [3.63, 3.8) is 0 Å². The Morgan fingerprint density at radius 3 is 2.56 bits per heavy atom. The standard InChI is InChI=1S/C25H27FN4O3S/c1-3-28(4-2)34(32,33)18-12-13-21-17(16-18)14-15-29(21)25(31)24-19-8-7-11-22(19)30(27-24)23-10-6-5-9-20(23)26/h5-6,9-10,12-13,16H,3-4,7-8,11,14-15H2,1-2H3. The lowest BCUT2D eigenvalue weighted by molar-refractivity contribution is 0.0983. The number of benzene rings is 2. The van der Waals surface area contributed by atoms with Gasteiger partial charge in [-0.1, -0.05) is 26.0 Å². The van der Waals surface area contributed by atoms with Gasteiger partial charge in [-0.25, -0.2) is 17.5 Å². The third kappa shape index (κ3) is 3.54. The molecule has 0 N–H and O–H groups in total. The Hall–Kier alpha value is -3.04. The minimum Gasteiger partial charge on any atom is -0.306 e. The van der Waals surface area contributed by atoms with Crippen LogP contribution in [0, 0.1) is 5.82 Å². The summed E-state index contributed by atoms with van der Waals surface area (Å²) in [6.07, 6.45) is 2.93. The number of halogens is 1. The fraction of sp³-hybridized carbons (Fsp3) is 0.360. The molecule has 0 saturated heterocycles. The molecule has 34 heavy (non-hydrogen) atoms. The van der Waals surface area contributed by atoms with Crippen LogP contribution in [0.1, 0.15) is 47.6 Å². The number of fused-ring (bicyclic) bond motifs is 2. The maximum absolute atomic E-state index is 14.5. The van der Waals surface area contributed by atoms with Crippen molar-refractivity contribution in [3.05, 3.63) is 70.8 Å². The molecule has 1 aliphatic carbocycles. The number of nitrogens with zero attached hydrogens (tertiary/aromatic N) is 4. The zero-order chi connectivity index (χ0) is 24.0. The number of hydrogen-bond acceptors (Lipinski definition) is 4. The highest BCUT2D eigenvalue weighted by Crippen LogP contribution is 2.35. The van der Waals surface area contributed by atoms with Gasteiger partial charge in [-0.15, -0.1) is 0 Å². The van der Waals surface area contributed by atoms with Crippen LogP contribution < -0.4 is 4.90 Å². The molecule has 0 atom stereocenters. The van der Waals surface area contributed by atoms with E-state index < -0.39 is 10.0 Å². The van der Waals surface area contributed by atoms with Crippen LogP contribution in [-0.4, -0.2) is 48.0 Å². The van der Waals surface area contributed by atoms with Gasteiger partial charge in [-0.3, -0.25) is 4.79 Å². The minimum absolute atomic E-state index is 0.230. The van der Waals surface area contributed by atoms with E-state index in [1.807, 2.05) is 13.8 Å². The summed E-state index contributed by atoms with van der Waals surface area (Å²) in [6, 6.07) is 11.4. The number of para-hydroxylation sites is 1. The molecule has 2 aromatic carbocycles. The van der Waals surface area contributed by atoms with Crippen LogP contribution in [0.3, 0.4) is 0 Å². The van der Waals surface area contributed by atoms with E-state index in [9.17, 15) is 17.6 Å². The van der Waals surface area contributed by atoms with E-state index in [-0.39, 0.29) is 16.6 Å². The lowest BCUT2D eigenvalue weighted by Crippen LogP contribution is -2.31. The van der Waals surface area contributed by atoms with Crippen molar-refractivity contribution < 1.29 is 17.6 Å². The van der Waals surface area contributed by atoms with Crippen LogP contribution in [0.15, 0.2) is 47.4 Å². The highest BCUT2D eigenvalue weighted by molar-refractivity contribution is 7.89. The molecule has 3 aromatic rings. The molecule has 0 spiro atoms. The van der Waals surface area contributed by atoms with E-state index in [0.717, 1.165) is 36.1 Å². The predicted molar refractivity (Wildman–Crippen MR) is 127 cm³/mol. The molecule has 0 radical (unpaired) electrons. The Kier molecular flexibility index (Phi) is 5.77.